The third-order valence-corrected chi connectivity index (χ3v) is 3.16. The van der Waals surface area contributed by atoms with E-state index in [0.29, 0.717) is 12.2 Å². The molecule has 1 heterocycles. The van der Waals surface area contributed by atoms with E-state index in [0.717, 1.165) is 25.0 Å². The number of benzene rings is 1. The molecule has 5 heteroatoms. The van der Waals surface area contributed by atoms with Crippen molar-refractivity contribution in [3.63, 3.8) is 0 Å². The van der Waals surface area contributed by atoms with E-state index >= 15 is 0 Å². The summed E-state index contributed by atoms with van der Waals surface area (Å²) in [5.74, 6) is -0.417. The van der Waals surface area contributed by atoms with Crippen molar-refractivity contribution in [3.05, 3.63) is 47.3 Å². The van der Waals surface area contributed by atoms with E-state index in [1.165, 1.54) is 12.7 Å². The third-order valence-electron chi connectivity index (χ3n) is 3.16. The summed E-state index contributed by atoms with van der Waals surface area (Å²) in [5.41, 5.74) is 2.43. The van der Waals surface area contributed by atoms with Crippen LogP contribution in [-0.4, -0.2) is 28.1 Å². The van der Waals surface area contributed by atoms with E-state index < -0.39 is 5.97 Å². The van der Waals surface area contributed by atoms with Gasteiger partial charge in [0.15, 0.2) is 5.69 Å². The zero-order valence-corrected chi connectivity index (χ0v) is 11.9. The highest BCUT2D eigenvalue weighted by atomic mass is 16.5. The molecule has 1 aromatic carbocycles. The van der Waals surface area contributed by atoms with Gasteiger partial charge >= 0.3 is 5.97 Å². The van der Waals surface area contributed by atoms with Gasteiger partial charge < -0.3 is 4.74 Å². The first-order chi connectivity index (χ1) is 9.76. The van der Waals surface area contributed by atoms with Crippen molar-refractivity contribution in [1.82, 2.24) is 15.0 Å². The first-order valence-electron chi connectivity index (χ1n) is 6.80. The maximum atomic E-state index is 11.7. The summed E-state index contributed by atoms with van der Waals surface area (Å²) in [7, 11) is 1.36. The number of aryl methyl sites for hydroxylation is 2. The Morgan fingerprint density at radius 3 is 2.65 bits per heavy atom. The van der Waals surface area contributed by atoms with Crippen molar-refractivity contribution in [2.24, 2.45) is 0 Å². The Morgan fingerprint density at radius 2 is 2.00 bits per heavy atom. The van der Waals surface area contributed by atoms with E-state index in [2.05, 4.69) is 29.4 Å². The van der Waals surface area contributed by atoms with E-state index in [9.17, 15) is 4.79 Å². The van der Waals surface area contributed by atoms with Crippen molar-refractivity contribution in [1.29, 1.82) is 0 Å². The summed E-state index contributed by atoms with van der Waals surface area (Å²) in [4.78, 5) is 11.7. The molecule has 0 aliphatic heterocycles. The summed E-state index contributed by atoms with van der Waals surface area (Å²) < 4.78 is 6.55. The van der Waals surface area contributed by atoms with Crippen LogP contribution in [0.4, 0.5) is 0 Å². The lowest BCUT2D eigenvalue weighted by atomic mass is 10.1. The highest BCUT2D eigenvalue weighted by molar-refractivity contribution is 5.88. The summed E-state index contributed by atoms with van der Waals surface area (Å²) in [6.07, 6.45) is 2.57. The number of esters is 1. The largest absolute Gasteiger partial charge is 0.464 e. The predicted octanol–water partition coefficient (Wildman–Crippen LogP) is 2.26. The molecule has 2 rings (SSSR count). The highest BCUT2D eigenvalue weighted by Crippen LogP contribution is 2.11. The highest BCUT2D eigenvalue weighted by Gasteiger charge is 2.19. The zero-order valence-electron chi connectivity index (χ0n) is 11.9. The molecule has 106 valence electrons. The van der Waals surface area contributed by atoms with Crippen molar-refractivity contribution in [2.75, 3.05) is 7.11 Å². The Balaban J connectivity index is 2.15. The Hall–Kier alpha value is -2.17. The van der Waals surface area contributed by atoms with Gasteiger partial charge in [0.05, 0.1) is 12.8 Å². The van der Waals surface area contributed by atoms with Crippen molar-refractivity contribution < 1.29 is 9.53 Å². The Kier molecular flexibility index (Phi) is 4.87. The molecule has 0 aliphatic rings. The van der Waals surface area contributed by atoms with E-state index in [4.69, 9.17) is 4.74 Å². The average molecular weight is 273 g/mol. The van der Waals surface area contributed by atoms with Gasteiger partial charge in [-0.15, -0.1) is 5.10 Å². The van der Waals surface area contributed by atoms with E-state index in [1.54, 1.807) is 0 Å². The molecule has 0 amide bonds. The average Bonchev–Trinajstić information content (AvgIpc) is 2.89. The molecule has 0 radical (unpaired) electrons. The molecule has 0 aliphatic carbocycles. The van der Waals surface area contributed by atoms with Gasteiger partial charge in [0, 0.05) is 6.54 Å². The molecular formula is C15H19N3O2. The fraction of sp³-hybridized carbons (Fsp3) is 0.400. The quantitative estimate of drug-likeness (QED) is 0.757. The standard InChI is InChI=1S/C15H19N3O2/c1-3-7-13-14(15(19)20-2)16-17-18(13)11-10-12-8-5-4-6-9-12/h4-6,8-9H,3,7,10-11H2,1-2H3. The number of nitrogens with zero attached hydrogens (tertiary/aromatic N) is 3. The third kappa shape index (κ3) is 3.23. The summed E-state index contributed by atoms with van der Waals surface area (Å²) >= 11 is 0. The molecule has 0 spiro atoms. The van der Waals surface area contributed by atoms with Crippen LogP contribution in [-0.2, 0) is 24.1 Å². The summed E-state index contributed by atoms with van der Waals surface area (Å²) in [5, 5.41) is 8.04. The minimum atomic E-state index is -0.417. The number of rotatable bonds is 6. The van der Waals surface area contributed by atoms with Crippen LogP contribution in [0.3, 0.4) is 0 Å². The first kappa shape index (κ1) is 14.2. The van der Waals surface area contributed by atoms with Crippen molar-refractivity contribution in [2.45, 2.75) is 32.7 Å². The molecule has 20 heavy (non-hydrogen) atoms. The smallest absolute Gasteiger partial charge is 0.360 e. The Bertz CT molecular complexity index is 564. The lowest BCUT2D eigenvalue weighted by molar-refractivity contribution is 0.0592. The van der Waals surface area contributed by atoms with Gasteiger partial charge in [-0.05, 0) is 18.4 Å². The monoisotopic (exact) mass is 273 g/mol. The zero-order chi connectivity index (χ0) is 14.4. The lowest BCUT2D eigenvalue weighted by Gasteiger charge is -2.06. The topological polar surface area (TPSA) is 57.0 Å². The van der Waals surface area contributed by atoms with Gasteiger partial charge in [0.25, 0.3) is 0 Å². The fourth-order valence-electron chi connectivity index (χ4n) is 2.13. The van der Waals surface area contributed by atoms with Crippen LogP contribution in [0.15, 0.2) is 30.3 Å². The van der Waals surface area contributed by atoms with Gasteiger partial charge in [-0.25, -0.2) is 9.48 Å². The minimum Gasteiger partial charge on any atom is -0.464 e. The molecule has 0 saturated heterocycles. The molecule has 0 atom stereocenters. The first-order valence-corrected chi connectivity index (χ1v) is 6.80. The summed E-state index contributed by atoms with van der Waals surface area (Å²) in [6, 6.07) is 10.2. The molecule has 0 fully saturated rings. The summed E-state index contributed by atoms with van der Waals surface area (Å²) in [6.45, 7) is 2.78. The number of ether oxygens (including phenoxy) is 1. The second kappa shape index (κ2) is 6.84. The minimum absolute atomic E-state index is 0.336. The number of carbonyl (C=O) groups is 1. The normalized spacial score (nSPS) is 10.5. The lowest BCUT2D eigenvalue weighted by Crippen LogP contribution is -2.11. The molecule has 0 saturated carbocycles. The molecule has 0 bridgehead atoms. The second-order valence-electron chi connectivity index (χ2n) is 4.59. The van der Waals surface area contributed by atoms with Crippen LogP contribution in [0.25, 0.3) is 0 Å². The van der Waals surface area contributed by atoms with Crippen LogP contribution in [0.1, 0.15) is 35.1 Å². The molecule has 0 N–H and O–H groups in total. The van der Waals surface area contributed by atoms with Crippen LogP contribution >= 0.6 is 0 Å². The van der Waals surface area contributed by atoms with Gasteiger partial charge in [0.2, 0.25) is 0 Å². The van der Waals surface area contributed by atoms with Crippen LogP contribution in [0.2, 0.25) is 0 Å². The molecule has 5 nitrogen and oxygen atoms in total. The van der Waals surface area contributed by atoms with Crippen LogP contribution < -0.4 is 0 Å². The van der Waals surface area contributed by atoms with Crippen LogP contribution in [0, 0.1) is 0 Å². The number of methoxy groups -OCH3 is 1. The van der Waals surface area contributed by atoms with E-state index in [1.807, 2.05) is 22.9 Å². The number of hydrogen-bond acceptors (Lipinski definition) is 4. The number of hydrogen-bond donors (Lipinski definition) is 0. The fourth-order valence-corrected chi connectivity index (χ4v) is 2.13. The van der Waals surface area contributed by atoms with E-state index in [-0.39, 0.29) is 0 Å². The molecule has 1 aromatic heterocycles. The maximum Gasteiger partial charge on any atom is 0.360 e. The Labute approximate surface area is 118 Å². The second-order valence-corrected chi connectivity index (χ2v) is 4.59. The van der Waals surface area contributed by atoms with Crippen molar-refractivity contribution in [3.8, 4) is 0 Å². The number of carbonyl (C=O) groups excluding carboxylic acids is 1. The van der Waals surface area contributed by atoms with Crippen molar-refractivity contribution >= 4 is 5.97 Å². The maximum absolute atomic E-state index is 11.7. The molecule has 2 aromatic rings. The molecular weight excluding hydrogens is 254 g/mol. The Morgan fingerprint density at radius 1 is 1.25 bits per heavy atom. The van der Waals surface area contributed by atoms with Gasteiger partial charge in [-0.3, -0.25) is 0 Å². The molecule has 0 unspecified atom stereocenters. The van der Waals surface area contributed by atoms with Crippen LogP contribution in [0.5, 0.6) is 0 Å². The van der Waals surface area contributed by atoms with Gasteiger partial charge in [-0.1, -0.05) is 48.9 Å². The SMILES string of the molecule is CCCc1c(C(=O)OC)nnn1CCc1ccccc1. The van der Waals surface area contributed by atoms with Gasteiger partial charge in [0.1, 0.15) is 0 Å². The van der Waals surface area contributed by atoms with Gasteiger partial charge in [-0.2, -0.15) is 0 Å². The number of aromatic nitrogens is 3. The predicted molar refractivity (Wildman–Crippen MR) is 75.5 cm³/mol.